The molecule has 2 amide bonds. The van der Waals surface area contributed by atoms with Gasteiger partial charge in [0.2, 0.25) is 0 Å². The molecule has 0 aliphatic carbocycles. The van der Waals surface area contributed by atoms with Gasteiger partial charge in [0.05, 0.1) is 11.7 Å². The highest BCUT2D eigenvalue weighted by molar-refractivity contribution is 6.39. The molecule has 0 radical (unpaired) electrons. The van der Waals surface area contributed by atoms with E-state index in [0.717, 1.165) is 6.07 Å². The lowest BCUT2D eigenvalue weighted by atomic mass is 10.0. The minimum Gasteiger partial charge on any atom is -0.393 e. The van der Waals surface area contributed by atoms with Gasteiger partial charge in [-0.3, -0.25) is 9.59 Å². The van der Waals surface area contributed by atoms with Crippen molar-refractivity contribution in [2.75, 3.05) is 18.4 Å². The average molecular weight is 344 g/mol. The maximum Gasteiger partial charge on any atom is 0.416 e. The van der Waals surface area contributed by atoms with Gasteiger partial charge in [-0.15, -0.1) is 0 Å². The van der Waals surface area contributed by atoms with Gasteiger partial charge >= 0.3 is 18.0 Å². The van der Waals surface area contributed by atoms with Crippen LogP contribution in [0.2, 0.25) is 0 Å². The largest absolute Gasteiger partial charge is 0.416 e. The summed E-state index contributed by atoms with van der Waals surface area (Å²) in [5.74, 6) is -1.90. The first-order valence-corrected chi connectivity index (χ1v) is 7.55. The summed E-state index contributed by atoms with van der Waals surface area (Å²) in [5.41, 5.74) is -0.910. The number of hydrogen-bond donors (Lipinski definition) is 2. The van der Waals surface area contributed by atoms with Gasteiger partial charge in [-0.05, 0) is 38.0 Å². The molecule has 5 nitrogen and oxygen atoms in total. The molecule has 1 saturated heterocycles. The fourth-order valence-corrected chi connectivity index (χ4v) is 2.70. The number of anilines is 1. The van der Waals surface area contributed by atoms with Gasteiger partial charge in [-0.1, -0.05) is 6.07 Å². The average Bonchev–Trinajstić information content (AvgIpc) is 2.97. The number of likely N-dealkylation sites (tertiary alicyclic amines) is 1. The number of nitrogens with one attached hydrogen (secondary N) is 1. The maximum absolute atomic E-state index is 12.9. The highest BCUT2D eigenvalue weighted by atomic mass is 19.4. The molecule has 0 saturated carbocycles. The standard InChI is InChI=1S/C16H19F3N2O3/c1-9-3-4-12(7-13(9)16(17,18)19)20-14(23)15(24)21-6-5-11(8-21)10(2)22/h3-4,7,10-11,22H,5-6,8H2,1-2H3,(H,20,23). The van der Waals surface area contributed by atoms with E-state index in [1.807, 2.05) is 0 Å². The molecule has 0 aromatic heterocycles. The van der Waals surface area contributed by atoms with Crippen LogP contribution in [-0.2, 0) is 15.8 Å². The van der Waals surface area contributed by atoms with Crippen LogP contribution in [0.1, 0.15) is 24.5 Å². The van der Waals surface area contributed by atoms with E-state index in [4.69, 9.17) is 0 Å². The minimum atomic E-state index is -4.53. The molecule has 2 atom stereocenters. The van der Waals surface area contributed by atoms with E-state index >= 15 is 0 Å². The molecule has 2 N–H and O–H groups in total. The van der Waals surface area contributed by atoms with Crippen molar-refractivity contribution in [1.29, 1.82) is 0 Å². The first kappa shape index (κ1) is 18.3. The zero-order valence-electron chi connectivity index (χ0n) is 13.4. The summed E-state index contributed by atoms with van der Waals surface area (Å²) in [7, 11) is 0. The molecule has 1 aliphatic rings. The zero-order valence-corrected chi connectivity index (χ0v) is 13.4. The number of aliphatic hydroxyl groups excluding tert-OH is 1. The molecule has 2 rings (SSSR count). The Labute approximate surface area is 137 Å². The van der Waals surface area contributed by atoms with Crippen LogP contribution in [-0.4, -0.2) is 41.0 Å². The van der Waals surface area contributed by atoms with E-state index < -0.39 is 29.7 Å². The molecule has 1 aromatic carbocycles. The van der Waals surface area contributed by atoms with E-state index in [0.29, 0.717) is 13.0 Å². The molecule has 1 fully saturated rings. The first-order valence-electron chi connectivity index (χ1n) is 7.55. The third-order valence-electron chi connectivity index (χ3n) is 4.19. The van der Waals surface area contributed by atoms with Crippen LogP contribution < -0.4 is 5.32 Å². The van der Waals surface area contributed by atoms with Gasteiger partial charge in [-0.25, -0.2) is 0 Å². The summed E-state index contributed by atoms with van der Waals surface area (Å²) in [6, 6.07) is 3.36. The summed E-state index contributed by atoms with van der Waals surface area (Å²) in [6.07, 6.45) is -4.54. The van der Waals surface area contributed by atoms with Gasteiger partial charge in [0.25, 0.3) is 0 Å². The van der Waals surface area contributed by atoms with E-state index in [1.165, 1.54) is 24.0 Å². The molecule has 1 aromatic rings. The molecule has 1 aliphatic heterocycles. The molecular formula is C16H19F3N2O3. The highest BCUT2D eigenvalue weighted by Gasteiger charge is 2.34. The number of rotatable bonds is 2. The lowest BCUT2D eigenvalue weighted by molar-refractivity contribution is -0.142. The molecule has 1 heterocycles. The smallest absolute Gasteiger partial charge is 0.393 e. The molecule has 0 bridgehead atoms. The number of amides is 2. The summed E-state index contributed by atoms with van der Waals surface area (Å²) >= 11 is 0. The Balaban J connectivity index is 2.06. The summed E-state index contributed by atoms with van der Waals surface area (Å²) in [6.45, 7) is 3.53. The molecule has 132 valence electrons. The van der Waals surface area contributed by atoms with Crippen molar-refractivity contribution in [2.45, 2.75) is 32.5 Å². The monoisotopic (exact) mass is 344 g/mol. The molecule has 8 heteroatoms. The fourth-order valence-electron chi connectivity index (χ4n) is 2.70. The number of aryl methyl sites for hydroxylation is 1. The Morgan fingerprint density at radius 1 is 1.38 bits per heavy atom. The quantitative estimate of drug-likeness (QED) is 0.808. The van der Waals surface area contributed by atoms with Gasteiger partial charge in [-0.2, -0.15) is 13.2 Å². The van der Waals surface area contributed by atoms with Crippen LogP contribution in [0.25, 0.3) is 0 Å². The Morgan fingerprint density at radius 2 is 2.04 bits per heavy atom. The number of benzene rings is 1. The van der Waals surface area contributed by atoms with Crippen molar-refractivity contribution in [3.8, 4) is 0 Å². The van der Waals surface area contributed by atoms with E-state index in [-0.39, 0.29) is 23.7 Å². The molecule has 24 heavy (non-hydrogen) atoms. The normalized spacial score (nSPS) is 19.2. The summed E-state index contributed by atoms with van der Waals surface area (Å²) < 4.78 is 38.6. The van der Waals surface area contributed by atoms with Crippen molar-refractivity contribution >= 4 is 17.5 Å². The predicted octanol–water partition coefficient (Wildman–Crippen LogP) is 2.18. The van der Waals surface area contributed by atoms with Gasteiger partial charge in [0.1, 0.15) is 0 Å². The van der Waals surface area contributed by atoms with E-state index in [2.05, 4.69) is 5.32 Å². The van der Waals surface area contributed by atoms with Crippen LogP contribution in [0.3, 0.4) is 0 Å². The Morgan fingerprint density at radius 3 is 2.58 bits per heavy atom. The Kier molecular flexibility index (Phi) is 5.17. The number of carbonyl (C=O) groups excluding carboxylic acids is 2. The lowest BCUT2D eigenvalue weighted by Crippen LogP contribution is -2.38. The molecule has 2 unspecified atom stereocenters. The summed E-state index contributed by atoms with van der Waals surface area (Å²) in [4.78, 5) is 25.3. The number of carbonyl (C=O) groups is 2. The second-order valence-corrected chi connectivity index (χ2v) is 6.02. The number of alkyl halides is 3. The van der Waals surface area contributed by atoms with Crippen molar-refractivity contribution in [3.63, 3.8) is 0 Å². The minimum absolute atomic E-state index is 0.0335. The van der Waals surface area contributed by atoms with Gasteiger partial charge in [0.15, 0.2) is 0 Å². The number of hydrogen-bond acceptors (Lipinski definition) is 3. The second kappa shape index (κ2) is 6.80. The van der Waals surface area contributed by atoms with Crippen LogP contribution in [0.15, 0.2) is 18.2 Å². The Hall–Kier alpha value is -2.09. The second-order valence-electron chi connectivity index (χ2n) is 6.02. The van der Waals surface area contributed by atoms with Crippen molar-refractivity contribution in [2.24, 2.45) is 5.92 Å². The van der Waals surface area contributed by atoms with E-state index in [9.17, 15) is 27.9 Å². The van der Waals surface area contributed by atoms with Crippen LogP contribution in [0.5, 0.6) is 0 Å². The molecule has 0 spiro atoms. The maximum atomic E-state index is 12.9. The van der Waals surface area contributed by atoms with Gasteiger partial charge in [0, 0.05) is 24.7 Å². The SMILES string of the molecule is Cc1ccc(NC(=O)C(=O)N2CCC(C(C)O)C2)cc1C(F)(F)F. The van der Waals surface area contributed by atoms with Crippen molar-refractivity contribution in [1.82, 2.24) is 4.90 Å². The first-order chi connectivity index (χ1) is 11.1. The molecular weight excluding hydrogens is 325 g/mol. The summed E-state index contributed by atoms with van der Waals surface area (Å²) in [5, 5.41) is 11.7. The van der Waals surface area contributed by atoms with Crippen LogP contribution in [0.4, 0.5) is 18.9 Å². The number of halogens is 3. The fraction of sp³-hybridized carbons (Fsp3) is 0.500. The van der Waals surface area contributed by atoms with Crippen LogP contribution in [0, 0.1) is 12.8 Å². The van der Waals surface area contributed by atoms with Crippen molar-refractivity contribution < 1.29 is 27.9 Å². The zero-order chi connectivity index (χ0) is 18.1. The number of nitrogens with zero attached hydrogens (tertiary/aromatic N) is 1. The topological polar surface area (TPSA) is 69.6 Å². The van der Waals surface area contributed by atoms with Crippen LogP contribution >= 0.6 is 0 Å². The van der Waals surface area contributed by atoms with Gasteiger partial charge < -0.3 is 15.3 Å². The number of aliphatic hydroxyl groups is 1. The van der Waals surface area contributed by atoms with Crippen molar-refractivity contribution in [3.05, 3.63) is 29.3 Å². The third kappa shape index (κ3) is 4.05. The lowest BCUT2D eigenvalue weighted by Gasteiger charge is -2.17. The van der Waals surface area contributed by atoms with E-state index in [1.54, 1.807) is 6.92 Å². The Bertz CT molecular complexity index is 644. The highest BCUT2D eigenvalue weighted by Crippen LogP contribution is 2.33. The predicted molar refractivity (Wildman–Crippen MR) is 81.2 cm³/mol. The third-order valence-corrected chi connectivity index (χ3v) is 4.19.